The van der Waals surface area contributed by atoms with Crippen molar-refractivity contribution in [1.29, 1.82) is 0 Å². The van der Waals surface area contributed by atoms with Gasteiger partial charge in [-0.1, -0.05) is 35.5 Å². The third-order valence-electron chi connectivity index (χ3n) is 3.46. The Kier molecular flexibility index (Phi) is 4.46. The van der Waals surface area contributed by atoms with Crippen molar-refractivity contribution < 1.29 is 9.45 Å². The zero-order valence-corrected chi connectivity index (χ0v) is 12.7. The van der Waals surface area contributed by atoms with E-state index in [1.165, 1.54) is 16.3 Å². The van der Waals surface area contributed by atoms with Gasteiger partial charge in [0.2, 0.25) is 5.89 Å². The van der Waals surface area contributed by atoms with Gasteiger partial charge < -0.3 is 9.09 Å². The molecule has 0 saturated heterocycles. The second-order valence-corrected chi connectivity index (χ2v) is 5.21. The van der Waals surface area contributed by atoms with Crippen LogP contribution in [0.15, 0.2) is 58.1 Å². The van der Waals surface area contributed by atoms with Crippen LogP contribution in [0.4, 0.5) is 5.69 Å². The monoisotopic (exact) mass is 326 g/mol. The molecule has 24 heavy (non-hydrogen) atoms. The largest absolute Gasteiger partial charge is 0.339 e. The van der Waals surface area contributed by atoms with Crippen LogP contribution in [0.25, 0.3) is 0 Å². The highest BCUT2D eigenvalue weighted by molar-refractivity contribution is 5.25. The van der Waals surface area contributed by atoms with Gasteiger partial charge in [0.05, 0.1) is 11.1 Å². The smallest absolute Gasteiger partial charge is 0.332 e. The Morgan fingerprint density at radius 3 is 2.71 bits per heavy atom. The summed E-state index contributed by atoms with van der Waals surface area (Å²) in [5, 5.41) is 14.7. The quantitative estimate of drug-likeness (QED) is 0.506. The summed E-state index contributed by atoms with van der Waals surface area (Å²) in [6.07, 6.45) is 4.04. The predicted octanol–water partition coefficient (Wildman–Crippen LogP) is 1.97. The highest BCUT2D eigenvalue weighted by atomic mass is 16.6. The molecule has 0 aliphatic carbocycles. The van der Waals surface area contributed by atoms with E-state index in [0.717, 1.165) is 18.7 Å². The molecule has 3 rings (SSSR count). The predicted molar refractivity (Wildman–Crippen MR) is 84.6 cm³/mol. The first kappa shape index (κ1) is 15.6. The molecule has 0 bridgehead atoms. The highest BCUT2D eigenvalue weighted by Crippen LogP contribution is 2.08. The molecule has 0 unspecified atom stereocenters. The molecular weight excluding hydrogens is 312 g/mol. The molecule has 0 aliphatic rings. The van der Waals surface area contributed by atoms with Crippen molar-refractivity contribution in [3.05, 3.63) is 86.4 Å². The lowest BCUT2D eigenvalue weighted by Crippen LogP contribution is -2.11. The molecule has 0 spiro atoms. The molecule has 0 amide bonds. The maximum absolute atomic E-state index is 11.4. The van der Waals surface area contributed by atoms with E-state index in [0.29, 0.717) is 18.1 Å². The maximum atomic E-state index is 11.4. The Hall–Kier alpha value is -3.29. The molecule has 0 fully saturated rings. The zero-order chi connectivity index (χ0) is 16.9. The first-order valence-corrected chi connectivity index (χ1v) is 7.32. The van der Waals surface area contributed by atoms with E-state index in [1.54, 1.807) is 0 Å². The molecule has 0 saturated carbocycles. The van der Waals surface area contributed by atoms with Crippen LogP contribution in [-0.4, -0.2) is 19.6 Å². The van der Waals surface area contributed by atoms with E-state index in [9.17, 15) is 14.9 Å². The van der Waals surface area contributed by atoms with Gasteiger partial charge in [0, 0.05) is 18.7 Å². The van der Waals surface area contributed by atoms with Crippen LogP contribution in [-0.2, 0) is 19.4 Å². The van der Waals surface area contributed by atoms with Crippen molar-refractivity contribution >= 4 is 5.69 Å². The average Bonchev–Trinajstić information content (AvgIpc) is 3.03. The molecule has 2 heterocycles. The van der Waals surface area contributed by atoms with E-state index >= 15 is 0 Å². The van der Waals surface area contributed by atoms with Gasteiger partial charge in [-0.25, -0.2) is 0 Å². The second kappa shape index (κ2) is 6.86. The second-order valence-electron chi connectivity index (χ2n) is 5.21. The maximum Gasteiger partial charge on any atom is 0.332 e. The van der Waals surface area contributed by atoms with Crippen molar-refractivity contribution in [3.63, 3.8) is 0 Å². The van der Waals surface area contributed by atoms with Crippen molar-refractivity contribution in [2.75, 3.05) is 0 Å². The Morgan fingerprint density at radius 1 is 1.17 bits per heavy atom. The number of aryl methyl sites for hydroxylation is 2. The van der Waals surface area contributed by atoms with E-state index in [-0.39, 0.29) is 6.54 Å². The van der Waals surface area contributed by atoms with E-state index in [2.05, 4.69) is 10.1 Å². The summed E-state index contributed by atoms with van der Waals surface area (Å²) in [6, 6.07) is 11.1. The third kappa shape index (κ3) is 3.72. The topological polar surface area (TPSA) is 104 Å². The van der Waals surface area contributed by atoms with E-state index in [4.69, 9.17) is 4.52 Å². The number of nitrogens with zero attached hydrogens (tertiary/aromatic N) is 4. The fourth-order valence-corrected chi connectivity index (χ4v) is 2.26. The van der Waals surface area contributed by atoms with Crippen LogP contribution in [0.3, 0.4) is 0 Å². The lowest BCUT2D eigenvalue weighted by Gasteiger charge is -2.01. The number of hydrogen-bond donors (Lipinski definition) is 0. The summed E-state index contributed by atoms with van der Waals surface area (Å²) in [7, 11) is 0. The molecule has 1 aromatic carbocycles. The lowest BCUT2D eigenvalue weighted by molar-refractivity contribution is -0.386. The van der Waals surface area contributed by atoms with Crippen LogP contribution < -0.4 is 5.43 Å². The molecule has 122 valence electrons. The minimum absolute atomic E-state index is 0.166. The fourth-order valence-electron chi connectivity index (χ4n) is 2.26. The van der Waals surface area contributed by atoms with Crippen molar-refractivity contribution in [3.8, 4) is 0 Å². The fraction of sp³-hybridized carbons (Fsp3) is 0.188. The van der Waals surface area contributed by atoms with Crippen LogP contribution in [0.5, 0.6) is 0 Å². The number of benzene rings is 1. The summed E-state index contributed by atoms with van der Waals surface area (Å²) in [6.45, 7) is 0.166. The van der Waals surface area contributed by atoms with Gasteiger partial charge >= 0.3 is 5.69 Å². The van der Waals surface area contributed by atoms with Crippen LogP contribution in [0.1, 0.15) is 17.3 Å². The van der Waals surface area contributed by atoms with Gasteiger partial charge in [-0.15, -0.1) is 0 Å². The Morgan fingerprint density at radius 2 is 1.96 bits per heavy atom. The number of pyridine rings is 1. The first-order chi connectivity index (χ1) is 11.6. The summed E-state index contributed by atoms with van der Waals surface area (Å²) in [5.74, 6) is 0.903. The standard InChI is InChI=1S/C16H14N4O4/c21-14-8-9-19(10-13(14)20(22)23)11-16-17-15(18-24-16)7-6-12-4-2-1-3-5-12/h1-5,8-10H,6-7,11H2. The van der Waals surface area contributed by atoms with Crippen molar-refractivity contribution in [2.24, 2.45) is 0 Å². The zero-order valence-electron chi connectivity index (χ0n) is 12.7. The van der Waals surface area contributed by atoms with Gasteiger partial charge in [-0.2, -0.15) is 4.98 Å². The highest BCUT2D eigenvalue weighted by Gasteiger charge is 2.13. The normalized spacial score (nSPS) is 10.7. The van der Waals surface area contributed by atoms with Crippen molar-refractivity contribution in [2.45, 2.75) is 19.4 Å². The molecule has 8 nitrogen and oxygen atoms in total. The Balaban J connectivity index is 1.67. The molecule has 0 radical (unpaired) electrons. The minimum atomic E-state index is -0.710. The van der Waals surface area contributed by atoms with Crippen molar-refractivity contribution in [1.82, 2.24) is 14.7 Å². The van der Waals surface area contributed by atoms with Gasteiger partial charge in [0.25, 0.3) is 5.43 Å². The lowest BCUT2D eigenvalue weighted by atomic mass is 10.1. The molecule has 0 atom stereocenters. The van der Waals surface area contributed by atoms with E-state index < -0.39 is 16.0 Å². The van der Waals surface area contributed by atoms with E-state index in [1.807, 2.05) is 30.3 Å². The summed E-state index contributed by atoms with van der Waals surface area (Å²) in [5.41, 5.74) is 0.0616. The van der Waals surface area contributed by atoms with Gasteiger partial charge in [0.1, 0.15) is 6.54 Å². The molecule has 0 aliphatic heterocycles. The molecule has 3 aromatic rings. The Bertz CT molecular complexity index is 902. The van der Waals surface area contributed by atoms with Crippen LogP contribution in [0, 0.1) is 10.1 Å². The summed E-state index contributed by atoms with van der Waals surface area (Å²) >= 11 is 0. The van der Waals surface area contributed by atoms with Gasteiger partial charge in [-0.05, 0) is 12.0 Å². The van der Waals surface area contributed by atoms with Gasteiger partial charge in [0.15, 0.2) is 5.82 Å². The number of nitro groups is 1. The Labute approximate surface area is 136 Å². The third-order valence-corrected chi connectivity index (χ3v) is 3.46. The van der Waals surface area contributed by atoms with Crippen LogP contribution >= 0.6 is 0 Å². The minimum Gasteiger partial charge on any atom is -0.339 e. The average molecular weight is 326 g/mol. The number of aromatic nitrogens is 3. The molecular formula is C16H14N4O4. The molecule has 0 N–H and O–H groups in total. The van der Waals surface area contributed by atoms with Crippen LogP contribution in [0.2, 0.25) is 0 Å². The number of rotatable bonds is 6. The summed E-state index contributed by atoms with van der Waals surface area (Å²) in [4.78, 5) is 25.7. The molecule has 8 heteroatoms. The SMILES string of the molecule is O=c1ccn(Cc2nc(CCc3ccccc3)no2)cc1[N+](=O)[O-]. The van der Waals surface area contributed by atoms with Gasteiger partial charge in [-0.3, -0.25) is 14.9 Å². The first-order valence-electron chi connectivity index (χ1n) is 7.32. The summed E-state index contributed by atoms with van der Waals surface area (Å²) < 4.78 is 6.62. The number of hydrogen-bond acceptors (Lipinski definition) is 6. The molecule has 2 aromatic heterocycles.